The van der Waals surface area contributed by atoms with E-state index in [1.165, 1.54) is 0 Å². The molecule has 0 aliphatic heterocycles. The molecule has 0 aromatic heterocycles. The van der Waals surface area contributed by atoms with E-state index in [9.17, 15) is 35.1 Å². The van der Waals surface area contributed by atoms with Crippen molar-refractivity contribution in [1.82, 2.24) is 0 Å². The SMILES string of the molecule is CC(F)(F)c1cc(F)c(C(F)(F)F)c(F)c1F. The first-order valence-electron chi connectivity index (χ1n) is 4.09. The molecule has 0 saturated heterocycles. The minimum atomic E-state index is -5.50. The van der Waals surface area contributed by atoms with Crippen molar-refractivity contribution in [2.45, 2.75) is 19.0 Å². The highest BCUT2D eigenvalue weighted by molar-refractivity contribution is 5.32. The third-order valence-electron chi connectivity index (χ3n) is 1.91. The standard InChI is InChI=1S/C9H4F8/c1-8(13,14)3-2-4(10)5(9(15,16)17)7(12)6(3)11/h2H,1H3. The van der Waals surface area contributed by atoms with Crippen LogP contribution in [0.3, 0.4) is 0 Å². The summed E-state index contributed by atoms with van der Waals surface area (Å²) in [7, 11) is 0. The largest absolute Gasteiger partial charge is 0.422 e. The van der Waals surface area contributed by atoms with Crippen LogP contribution in [0.25, 0.3) is 0 Å². The van der Waals surface area contributed by atoms with Crippen LogP contribution in [0.5, 0.6) is 0 Å². The van der Waals surface area contributed by atoms with Crippen LogP contribution in [-0.4, -0.2) is 0 Å². The predicted octanol–water partition coefficient (Wildman–Crippen LogP) is 4.23. The lowest BCUT2D eigenvalue weighted by atomic mass is 10.0. The summed E-state index contributed by atoms with van der Waals surface area (Å²) in [5.41, 5.74) is -4.29. The van der Waals surface area contributed by atoms with Crippen molar-refractivity contribution >= 4 is 0 Å². The molecule has 0 spiro atoms. The molecule has 8 heteroatoms. The van der Waals surface area contributed by atoms with Gasteiger partial charge in [-0.1, -0.05) is 0 Å². The van der Waals surface area contributed by atoms with Crippen LogP contribution < -0.4 is 0 Å². The van der Waals surface area contributed by atoms with Crippen LogP contribution in [0.4, 0.5) is 35.1 Å². The van der Waals surface area contributed by atoms with Crippen LogP contribution in [0, 0.1) is 17.5 Å². The van der Waals surface area contributed by atoms with E-state index in [1.807, 2.05) is 0 Å². The molecular weight excluding hydrogens is 260 g/mol. The maximum Gasteiger partial charge on any atom is 0.422 e. The van der Waals surface area contributed by atoms with Crippen molar-refractivity contribution in [3.8, 4) is 0 Å². The van der Waals surface area contributed by atoms with Gasteiger partial charge in [0.25, 0.3) is 5.92 Å². The van der Waals surface area contributed by atoms with E-state index in [0.717, 1.165) is 0 Å². The highest BCUT2D eigenvalue weighted by atomic mass is 19.4. The number of halogens is 8. The Balaban J connectivity index is 3.60. The lowest BCUT2D eigenvalue weighted by Crippen LogP contribution is -2.18. The van der Waals surface area contributed by atoms with Crippen LogP contribution in [-0.2, 0) is 12.1 Å². The molecule has 0 bridgehead atoms. The molecule has 0 radical (unpaired) electrons. The number of alkyl halides is 5. The molecule has 1 aromatic rings. The molecule has 0 saturated carbocycles. The van der Waals surface area contributed by atoms with Gasteiger partial charge in [0.2, 0.25) is 0 Å². The summed E-state index contributed by atoms with van der Waals surface area (Å²) in [5, 5.41) is 0. The van der Waals surface area contributed by atoms with Crippen molar-refractivity contribution in [1.29, 1.82) is 0 Å². The fraction of sp³-hybridized carbons (Fsp3) is 0.333. The first-order chi connectivity index (χ1) is 7.46. The van der Waals surface area contributed by atoms with Gasteiger partial charge in [0.1, 0.15) is 11.4 Å². The Labute approximate surface area is 89.9 Å². The zero-order chi connectivity index (χ0) is 13.6. The van der Waals surface area contributed by atoms with E-state index >= 15 is 0 Å². The van der Waals surface area contributed by atoms with Gasteiger partial charge in [0.05, 0.1) is 5.56 Å². The number of rotatable bonds is 1. The van der Waals surface area contributed by atoms with Crippen molar-refractivity contribution < 1.29 is 35.1 Å². The van der Waals surface area contributed by atoms with E-state index in [1.54, 1.807) is 0 Å². The molecule has 1 aromatic carbocycles. The van der Waals surface area contributed by atoms with E-state index in [4.69, 9.17) is 0 Å². The van der Waals surface area contributed by atoms with Gasteiger partial charge in [0, 0.05) is 6.92 Å². The second-order valence-corrected chi connectivity index (χ2v) is 3.30. The average Bonchev–Trinajstić information content (AvgIpc) is 2.07. The zero-order valence-corrected chi connectivity index (χ0v) is 8.10. The van der Waals surface area contributed by atoms with Crippen LogP contribution in [0.1, 0.15) is 18.1 Å². The van der Waals surface area contributed by atoms with Crippen molar-refractivity contribution in [2.75, 3.05) is 0 Å². The fourth-order valence-electron chi connectivity index (χ4n) is 1.17. The first kappa shape index (κ1) is 13.7. The van der Waals surface area contributed by atoms with Gasteiger partial charge in [-0.3, -0.25) is 0 Å². The third-order valence-corrected chi connectivity index (χ3v) is 1.91. The third kappa shape index (κ3) is 2.50. The quantitative estimate of drug-likeness (QED) is 0.526. The number of hydrogen-bond donors (Lipinski definition) is 0. The Morgan fingerprint density at radius 2 is 1.35 bits per heavy atom. The Morgan fingerprint density at radius 1 is 0.882 bits per heavy atom. The molecule has 0 N–H and O–H groups in total. The van der Waals surface area contributed by atoms with Crippen LogP contribution >= 0.6 is 0 Å². The number of hydrogen-bond acceptors (Lipinski definition) is 0. The molecule has 0 unspecified atom stereocenters. The number of benzene rings is 1. The topological polar surface area (TPSA) is 0 Å². The highest BCUT2D eigenvalue weighted by Gasteiger charge is 2.42. The minimum absolute atomic E-state index is 0.109. The molecule has 1 rings (SSSR count). The maximum absolute atomic E-state index is 12.9. The summed E-state index contributed by atoms with van der Waals surface area (Å²) in [6, 6.07) is -0.360. The van der Waals surface area contributed by atoms with Gasteiger partial charge < -0.3 is 0 Å². The van der Waals surface area contributed by atoms with Crippen molar-refractivity contribution in [3.05, 3.63) is 34.6 Å². The lowest BCUT2D eigenvalue weighted by Gasteiger charge is -2.16. The predicted molar refractivity (Wildman–Crippen MR) is 40.9 cm³/mol. The minimum Gasteiger partial charge on any atom is -0.206 e. The summed E-state index contributed by atoms with van der Waals surface area (Å²) in [6.45, 7) is 0.109. The second-order valence-electron chi connectivity index (χ2n) is 3.30. The Hall–Kier alpha value is -1.34. The first-order valence-corrected chi connectivity index (χ1v) is 4.09. The molecule has 0 aliphatic carbocycles. The average molecular weight is 264 g/mol. The van der Waals surface area contributed by atoms with E-state index in [0.29, 0.717) is 0 Å². The molecule has 0 aliphatic rings. The summed E-state index contributed by atoms with van der Waals surface area (Å²) >= 11 is 0. The van der Waals surface area contributed by atoms with E-state index in [-0.39, 0.29) is 13.0 Å². The molecule has 0 heterocycles. The van der Waals surface area contributed by atoms with Gasteiger partial charge in [0.15, 0.2) is 11.6 Å². The van der Waals surface area contributed by atoms with Gasteiger partial charge in [-0.25, -0.2) is 22.0 Å². The molecular formula is C9H4F8. The van der Waals surface area contributed by atoms with Gasteiger partial charge in [-0.05, 0) is 6.07 Å². The molecule has 0 amide bonds. The van der Waals surface area contributed by atoms with Gasteiger partial charge >= 0.3 is 6.18 Å². The van der Waals surface area contributed by atoms with Crippen LogP contribution in [0.15, 0.2) is 6.07 Å². The van der Waals surface area contributed by atoms with Crippen LogP contribution in [0.2, 0.25) is 0 Å². The lowest BCUT2D eigenvalue weighted by molar-refractivity contribution is -0.143. The second kappa shape index (κ2) is 3.85. The molecule has 0 nitrogen and oxygen atoms in total. The molecule has 0 atom stereocenters. The van der Waals surface area contributed by atoms with Gasteiger partial charge in [-0.2, -0.15) is 13.2 Å². The summed E-state index contributed by atoms with van der Waals surface area (Å²) in [5.74, 6) is -11.4. The van der Waals surface area contributed by atoms with E-state index < -0.39 is 40.7 Å². The normalized spacial score (nSPS) is 13.0. The monoisotopic (exact) mass is 264 g/mol. The van der Waals surface area contributed by atoms with Gasteiger partial charge in [-0.15, -0.1) is 0 Å². The summed E-state index contributed by atoms with van der Waals surface area (Å²) in [6.07, 6.45) is -5.50. The van der Waals surface area contributed by atoms with Crippen molar-refractivity contribution in [2.24, 2.45) is 0 Å². The Kier molecular flexibility index (Phi) is 3.11. The molecule has 96 valence electrons. The highest BCUT2D eigenvalue weighted by Crippen LogP contribution is 2.38. The smallest absolute Gasteiger partial charge is 0.206 e. The summed E-state index contributed by atoms with van der Waals surface area (Å²) in [4.78, 5) is 0. The summed E-state index contributed by atoms with van der Waals surface area (Å²) < 4.78 is 100. The fourth-order valence-corrected chi connectivity index (χ4v) is 1.17. The zero-order valence-electron chi connectivity index (χ0n) is 8.10. The molecule has 0 fully saturated rings. The Bertz CT molecular complexity index is 440. The Morgan fingerprint density at radius 3 is 1.71 bits per heavy atom. The van der Waals surface area contributed by atoms with Crippen molar-refractivity contribution in [3.63, 3.8) is 0 Å². The van der Waals surface area contributed by atoms with E-state index in [2.05, 4.69) is 0 Å². The maximum atomic E-state index is 12.9. The molecule has 17 heavy (non-hydrogen) atoms.